The molecule has 0 aromatic heterocycles. The molecule has 0 saturated carbocycles. The van der Waals surface area contributed by atoms with Gasteiger partial charge in [-0.3, -0.25) is 4.79 Å². The summed E-state index contributed by atoms with van der Waals surface area (Å²) in [6.07, 6.45) is 0.390. The van der Waals surface area contributed by atoms with Crippen LogP contribution >= 0.6 is 0 Å². The van der Waals surface area contributed by atoms with Crippen molar-refractivity contribution in [2.45, 2.75) is 32.2 Å². The number of halogens is 1. The van der Waals surface area contributed by atoms with Crippen molar-refractivity contribution in [1.29, 1.82) is 0 Å². The first-order valence-electron chi connectivity index (χ1n) is 5.13. The van der Waals surface area contributed by atoms with E-state index < -0.39 is 0 Å². The van der Waals surface area contributed by atoms with Crippen LogP contribution < -0.4 is 5.32 Å². The maximum atomic E-state index is 13.6. The number of rotatable bonds is 1. The minimum Gasteiger partial charge on any atom is -0.353 e. The van der Waals surface area contributed by atoms with Crippen molar-refractivity contribution < 1.29 is 9.18 Å². The second-order valence-corrected chi connectivity index (χ2v) is 4.19. The lowest BCUT2D eigenvalue weighted by atomic mass is 9.91. The number of nitrogens with one attached hydrogen (secondary N) is 1. The molecule has 80 valence electrons. The Morgan fingerprint density at radius 1 is 1.47 bits per heavy atom. The van der Waals surface area contributed by atoms with Crippen LogP contribution in [0.3, 0.4) is 0 Å². The molecule has 2 nitrogen and oxygen atoms in total. The van der Waals surface area contributed by atoms with Gasteiger partial charge in [-0.15, -0.1) is 0 Å². The molecule has 1 amide bonds. The molecule has 0 spiro atoms. The van der Waals surface area contributed by atoms with Gasteiger partial charge in [0.2, 0.25) is 5.91 Å². The summed E-state index contributed by atoms with van der Waals surface area (Å²) in [4.78, 5) is 11.2. The van der Waals surface area contributed by atoms with E-state index in [9.17, 15) is 9.18 Å². The highest BCUT2D eigenvalue weighted by molar-refractivity contribution is 5.80. The van der Waals surface area contributed by atoms with E-state index in [4.69, 9.17) is 0 Å². The molecular formula is C12H14FNO. The van der Waals surface area contributed by atoms with Crippen LogP contribution in [0.5, 0.6) is 0 Å². The minimum absolute atomic E-state index is 0.00778. The van der Waals surface area contributed by atoms with E-state index in [1.165, 1.54) is 6.07 Å². The standard InChI is InChI=1S/C12H14FNO/c1-7-3-4-11(13)10(5-7)9-6-12(15)14-8(9)2/h3-5,8-9H,6H2,1-2H3,(H,14,15). The molecule has 15 heavy (non-hydrogen) atoms. The molecule has 1 aromatic rings. The lowest BCUT2D eigenvalue weighted by Gasteiger charge is -2.15. The third-order valence-corrected chi connectivity index (χ3v) is 2.95. The summed E-state index contributed by atoms with van der Waals surface area (Å²) in [5, 5.41) is 2.81. The molecule has 1 aliphatic rings. The van der Waals surface area contributed by atoms with Gasteiger partial charge in [-0.1, -0.05) is 17.7 Å². The van der Waals surface area contributed by atoms with Crippen molar-refractivity contribution in [3.63, 3.8) is 0 Å². The molecule has 1 fully saturated rings. The zero-order chi connectivity index (χ0) is 11.0. The maximum Gasteiger partial charge on any atom is 0.220 e. The van der Waals surface area contributed by atoms with Crippen LogP contribution in [-0.2, 0) is 4.79 Å². The number of hydrogen-bond donors (Lipinski definition) is 1. The molecular weight excluding hydrogens is 193 g/mol. The van der Waals surface area contributed by atoms with Gasteiger partial charge in [0, 0.05) is 18.4 Å². The van der Waals surface area contributed by atoms with Gasteiger partial charge >= 0.3 is 0 Å². The van der Waals surface area contributed by atoms with Crippen LogP contribution in [0.4, 0.5) is 4.39 Å². The van der Waals surface area contributed by atoms with Gasteiger partial charge in [-0.05, 0) is 25.5 Å². The van der Waals surface area contributed by atoms with Gasteiger partial charge in [0.05, 0.1) is 0 Å². The first kappa shape index (κ1) is 10.1. The zero-order valence-corrected chi connectivity index (χ0v) is 8.88. The van der Waals surface area contributed by atoms with Crippen molar-refractivity contribution in [1.82, 2.24) is 5.32 Å². The van der Waals surface area contributed by atoms with Gasteiger partial charge in [0.25, 0.3) is 0 Å². The van der Waals surface area contributed by atoms with Gasteiger partial charge in [0.1, 0.15) is 5.82 Å². The third kappa shape index (κ3) is 1.87. The summed E-state index contributed by atoms with van der Waals surface area (Å²) in [6.45, 7) is 3.84. The summed E-state index contributed by atoms with van der Waals surface area (Å²) in [7, 11) is 0. The molecule has 1 heterocycles. The Morgan fingerprint density at radius 2 is 2.20 bits per heavy atom. The highest BCUT2D eigenvalue weighted by Gasteiger charge is 2.31. The lowest BCUT2D eigenvalue weighted by molar-refractivity contribution is -0.119. The third-order valence-electron chi connectivity index (χ3n) is 2.95. The van der Waals surface area contributed by atoms with Crippen molar-refractivity contribution in [3.05, 3.63) is 35.1 Å². The molecule has 1 aliphatic heterocycles. The average Bonchev–Trinajstić information content (AvgIpc) is 2.50. The average molecular weight is 207 g/mol. The Morgan fingerprint density at radius 3 is 2.80 bits per heavy atom. The maximum absolute atomic E-state index is 13.6. The number of benzene rings is 1. The van der Waals surface area contributed by atoms with E-state index in [0.717, 1.165) is 5.56 Å². The largest absolute Gasteiger partial charge is 0.353 e. The summed E-state index contributed by atoms with van der Waals surface area (Å²) < 4.78 is 13.6. The van der Waals surface area contributed by atoms with Crippen LogP contribution in [0.15, 0.2) is 18.2 Å². The highest BCUT2D eigenvalue weighted by Crippen LogP contribution is 2.30. The number of hydrogen-bond acceptors (Lipinski definition) is 1. The van der Waals surface area contributed by atoms with Crippen LogP contribution in [0, 0.1) is 12.7 Å². The molecule has 0 bridgehead atoms. The fourth-order valence-electron chi connectivity index (χ4n) is 2.12. The van der Waals surface area contributed by atoms with Crippen LogP contribution in [0.25, 0.3) is 0 Å². The van der Waals surface area contributed by atoms with Gasteiger partial charge in [-0.25, -0.2) is 4.39 Å². The van der Waals surface area contributed by atoms with Crippen LogP contribution in [-0.4, -0.2) is 11.9 Å². The molecule has 3 heteroatoms. The number of aryl methyl sites for hydroxylation is 1. The molecule has 2 unspecified atom stereocenters. The minimum atomic E-state index is -0.214. The lowest BCUT2D eigenvalue weighted by Crippen LogP contribution is -2.24. The second-order valence-electron chi connectivity index (χ2n) is 4.19. The van der Waals surface area contributed by atoms with Gasteiger partial charge < -0.3 is 5.32 Å². The predicted octanol–water partition coefficient (Wildman–Crippen LogP) is 2.13. The SMILES string of the molecule is Cc1ccc(F)c(C2CC(=O)NC2C)c1. The molecule has 1 aromatic carbocycles. The number of amides is 1. The fourth-order valence-corrected chi connectivity index (χ4v) is 2.12. The van der Waals surface area contributed by atoms with Gasteiger partial charge in [-0.2, -0.15) is 0 Å². The Balaban J connectivity index is 2.36. The highest BCUT2D eigenvalue weighted by atomic mass is 19.1. The van der Waals surface area contributed by atoms with Crippen LogP contribution in [0.1, 0.15) is 30.4 Å². The normalized spacial score (nSPS) is 25.4. The van der Waals surface area contributed by atoms with E-state index >= 15 is 0 Å². The van der Waals surface area contributed by atoms with Crippen molar-refractivity contribution in [3.8, 4) is 0 Å². The quantitative estimate of drug-likeness (QED) is 0.751. The van der Waals surface area contributed by atoms with Crippen molar-refractivity contribution in [2.75, 3.05) is 0 Å². The molecule has 0 aliphatic carbocycles. The Labute approximate surface area is 88.5 Å². The predicted molar refractivity (Wildman–Crippen MR) is 56.1 cm³/mol. The summed E-state index contributed by atoms with van der Waals surface area (Å²) in [6, 6.07) is 5.07. The number of carbonyl (C=O) groups excluding carboxylic acids is 1. The smallest absolute Gasteiger partial charge is 0.220 e. The Hall–Kier alpha value is -1.38. The monoisotopic (exact) mass is 207 g/mol. The molecule has 2 rings (SSSR count). The topological polar surface area (TPSA) is 29.1 Å². The Bertz CT molecular complexity index is 403. The Kier molecular flexibility index (Phi) is 2.47. The van der Waals surface area contributed by atoms with E-state index in [2.05, 4.69) is 5.32 Å². The van der Waals surface area contributed by atoms with Crippen molar-refractivity contribution >= 4 is 5.91 Å². The van der Waals surface area contributed by atoms with Crippen molar-refractivity contribution in [2.24, 2.45) is 0 Å². The molecule has 1 saturated heterocycles. The first-order valence-corrected chi connectivity index (χ1v) is 5.13. The van der Waals surface area contributed by atoms with E-state index in [-0.39, 0.29) is 23.7 Å². The molecule has 1 N–H and O–H groups in total. The first-order chi connectivity index (χ1) is 7.08. The molecule has 2 atom stereocenters. The van der Waals surface area contributed by atoms with E-state index in [1.807, 2.05) is 19.9 Å². The second kappa shape index (κ2) is 3.65. The number of carbonyl (C=O) groups is 1. The van der Waals surface area contributed by atoms with Gasteiger partial charge in [0.15, 0.2) is 0 Å². The van der Waals surface area contributed by atoms with E-state index in [1.54, 1.807) is 6.07 Å². The summed E-state index contributed by atoms with van der Waals surface area (Å²) in [5.41, 5.74) is 1.68. The fraction of sp³-hybridized carbons (Fsp3) is 0.417. The summed E-state index contributed by atoms with van der Waals surface area (Å²) >= 11 is 0. The van der Waals surface area contributed by atoms with E-state index in [0.29, 0.717) is 12.0 Å². The zero-order valence-electron chi connectivity index (χ0n) is 8.88. The molecule has 0 radical (unpaired) electrons. The van der Waals surface area contributed by atoms with Crippen LogP contribution in [0.2, 0.25) is 0 Å². The summed E-state index contributed by atoms with van der Waals surface area (Å²) in [5.74, 6) is -0.236.